The molecular weight excluding hydrogens is 258 g/mol. The van der Waals surface area contributed by atoms with Crippen LogP contribution < -0.4 is 5.73 Å². The third kappa shape index (κ3) is 2.34. The maximum absolute atomic E-state index is 11.7. The van der Waals surface area contributed by atoms with Gasteiger partial charge in [-0.2, -0.15) is 9.78 Å². The number of anilines is 1. The van der Waals surface area contributed by atoms with Crippen molar-refractivity contribution in [3.8, 4) is 5.82 Å². The van der Waals surface area contributed by atoms with Gasteiger partial charge in [-0.05, 0) is 27.7 Å². The number of nitrogen functional groups attached to an aromatic ring is 1. The van der Waals surface area contributed by atoms with Gasteiger partial charge in [-0.1, -0.05) is 0 Å². The van der Waals surface area contributed by atoms with E-state index in [1.807, 2.05) is 20.8 Å². The molecule has 0 aliphatic carbocycles. The highest BCUT2D eigenvalue weighted by Crippen LogP contribution is 2.19. The summed E-state index contributed by atoms with van der Waals surface area (Å²) in [6, 6.07) is 0. The first-order chi connectivity index (χ1) is 9.45. The fourth-order valence-corrected chi connectivity index (χ4v) is 1.80. The SMILES string of the molecule is CCOC(=O)c1cnn(-c2nc(C)c(C)nc2C)c1N. The molecule has 0 amide bonds. The lowest BCUT2D eigenvalue weighted by Gasteiger charge is -2.09. The Morgan fingerprint density at radius 2 is 1.90 bits per heavy atom. The summed E-state index contributed by atoms with van der Waals surface area (Å²) in [7, 11) is 0. The van der Waals surface area contributed by atoms with Crippen LogP contribution in [0.3, 0.4) is 0 Å². The number of esters is 1. The Bertz CT molecular complexity index is 663. The van der Waals surface area contributed by atoms with E-state index >= 15 is 0 Å². The summed E-state index contributed by atoms with van der Waals surface area (Å²) in [6.07, 6.45) is 1.38. The van der Waals surface area contributed by atoms with Crippen LogP contribution in [0, 0.1) is 20.8 Å². The fraction of sp³-hybridized carbons (Fsp3) is 0.385. The minimum Gasteiger partial charge on any atom is -0.462 e. The Balaban J connectivity index is 2.50. The lowest BCUT2D eigenvalue weighted by atomic mass is 10.3. The van der Waals surface area contributed by atoms with Crippen LogP contribution in [0.2, 0.25) is 0 Å². The second-order valence-electron chi connectivity index (χ2n) is 4.38. The first-order valence-electron chi connectivity index (χ1n) is 6.28. The normalized spacial score (nSPS) is 10.6. The van der Waals surface area contributed by atoms with Crippen LogP contribution in [0.25, 0.3) is 5.82 Å². The van der Waals surface area contributed by atoms with Gasteiger partial charge >= 0.3 is 5.97 Å². The molecule has 0 aliphatic heterocycles. The van der Waals surface area contributed by atoms with E-state index in [2.05, 4.69) is 15.1 Å². The van der Waals surface area contributed by atoms with Crippen LogP contribution >= 0.6 is 0 Å². The molecule has 0 saturated heterocycles. The fourth-order valence-electron chi connectivity index (χ4n) is 1.80. The zero-order valence-corrected chi connectivity index (χ0v) is 12.0. The third-order valence-electron chi connectivity index (χ3n) is 2.96. The molecule has 0 saturated carbocycles. The van der Waals surface area contributed by atoms with Crippen molar-refractivity contribution in [2.24, 2.45) is 0 Å². The van der Waals surface area contributed by atoms with E-state index < -0.39 is 5.97 Å². The molecule has 0 spiro atoms. The Kier molecular flexibility index (Phi) is 3.69. The maximum Gasteiger partial charge on any atom is 0.343 e. The van der Waals surface area contributed by atoms with Gasteiger partial charge in [0.25, 0.3) is 0 Å². The molecule has 2 heterocycles. The summed E-state index contributed by atoms with van der Waals surface area (Å²) in [5.41, 5.74) is 8.52. The van der Waals surface area contributed by atoms with Crippen LogP contribution in [-0.2, 0) is 4.74 Å². The van der Waals surface area contributed by atoms with Crippen molar-refractivity contribution < 1.29 is 9.53 Å². The second kappa shape index (κ2) is 5.28. The summed E-state index contributed by atoms with van der Waals surface area (Å²) in [5, 5.41) is 4.11. The molecule has 2 rings (SSSR count). The van der Waals surface area contributed by atoms with Gasteiger partial charge in [0.1, 0.15) is 11.4 Å². The van der Waals surface area contributed by atoms with Crippen molar-refractivity contribution in [2.45, 2.75) is 27.7 Å². The third-order valence-corrected chi connectivity index (χ3v) is 2.96. The standard InChI is InChI=1S/C13H17N5O2/c1-5-20-13(19)10-6-15-18(11(10)14)12-9(4)16-7(2)8(3)17-12/h6H,5,14H2,1-4H3. The molecule has 0 aromatic carbocycles. The van der Waals surface area contributed by atoms with Crippen LogP contribution in [0.4, 0.5) is 5.82 Å². The molecule has 0 fully saturated rings. The van der Waals surface area contributed by atoms with Crippen molar-refractivity contribution in [3.05, 3.63) is 28.8 Å². The highest BCUT2D eigenvalue weighted by molar-refractivity contribution is 5.94. The van der Waals surface area contributed by atoms with Gasteiger partial charge in [0.05, 0.1) is 29.9 Å². The highest BCUT2D eigenvalue weighted by Gasteiger charge is 2.19. The number of rotatable bonds is 3. The van der Waals surface area contributed by atoms with Gasteiger partial charge in [0, 0.05) is 0 Å². The number of hydrogen-bond donors (Lipinski definition) is 1. The molecule has 2 N–H and O–H groups in total. The van der Waals surface area contributed by atoms with Crippen molar-refractivity contribution >= 4 is 11.8 Å². The summed E-state index contributed by atoms with van der Waals surface area (Å²) >= 11 is 0. The van der Waals surface area contributed by atoms with Gasteiger partial charge in [-0.15, -0.1) is 0 Å². The summed E-state index contributed by atoms with van der Waals surface area (Å²) in [5.74, 6) is 0.218. The van der Waals surface area contributed by atoms with Gasteiger partial charge < -0.3 is 10.5 Å². The minimum atomic E-state index is -0.495. The van der Waals surface area contributed by atoms with Crippen LogP contribution in [0.1, 0.15) is 34.4 Å². The number of hydrogen-bond acceptors (Lipinski definition) is 6. The summed E-state index contributed by atoms with van der Waals surface area (Å²) in [6.45, 7) is 7.58. The topological polar surface area (TPSA) is 95.9 Å². The van der Waals surface area contributed by atoms with Gasteiger partial charge in [0.2, 0.25) is 0 Å². The van der Waals surface area contributed by atoms with Gasteiger partial charge in [-0.25, -0.2) is 9.78 Å². The summed E-state index contributed by atoms with van der Waals surface area (Å²) in [4.78, 5) is 20.5. The number of carbonyl (C=O) groups is 1. The quantitative estimate of drug-likeness (QED) is 0.849. The lowest BCUT2D eigenvalue weighted by molar-refractivity contribution is 0.0527. The smallest absolute Gasteiger partial charge is 0.343 e. The Hall–Kier alpha value is -2.44. The van der Waals surface area contributed by atoms with Crippen molar-refractivity contribution in [1.82, 2.24) is 19.7 Å². The Morgan fingerprint density at radius 3 is 2.55 bits per heavy atom. The molecule has 2 aromatic heterocycles. The molecule has 20 heavy (non-hydrogen) atoms. The Labute approximate surface area is 116 Å². The predicted molar refractivity (Wildman–Crippen MR) is 73.7 cm³/mol. The average molecular weight is 275 g/mol. The van der Waals surface area contributed by atoms with E-state index in [0.29, 0.717) is 11.5 Å². The molecule has 2 aromatic rings. The number of ether oxygens (including phenoxy) is 1. The van der Waals surface area contributed by atoms with E-state index in [4.69, 9.17) is 10.5 Å². The highest BCUT2D eigenvalue weighted by atomic mass is 16.5. The number of nitrogens with two attached hydrogens (primary N) is 1. The monoisotopic (exact) mass is 275 g/mol. The average Bonchev–Trinajstić information content (AvgIpc) is 2.76. The summed E-state index contributed by atoms with van der Waals surface area (Å²) < 4.78 is 6.33. The van der Waals surface area contributed by atoms with Crippen LogP contribution in [-0.4, -0.2) is 32.3 Å². The largest absolute Gasteiger partial charge is 0.462 e. The zero-order valence-electron chi connectivity index (χ0n) is 12.0. The first kappa shape index (κ1) is 14.0. The molecular formula is C13H17N5O2. The molecule has 0 radical (unpaired) electrons. The van der Waals surface area contributed by atoms with Gasteiger partial charge in [-0.3, -0.25) is 4.98 Å². The molecule has 7 heteroatoms. The van der Waals surface area contributed by atoms with E-state index in [1.165, 1.54) is 10.9 Å². The number of carbonyl (C=O) groups excluding carboxylic acids is 1. The zero-order chi connectivity index (χ0) is 14.9. The lowest BCUT2D eigenvalue weighted by Crippen LogP contribution is -2.12. The first-order valence-corrected chi connectivity index (χ1v) is 6.28. The van der Waals surface area contributed by atoms with Crippen LogP contribution in [0.15, 0.2) is 6.20 Å². The molecule has 7 nitrogen and oxygen atoms in total. The number of nitrogens with zero attached hydrogens (tertiary/aromatic N) is 4. The number of aromatic nitrogens is 4. The van der Waals surface area contributed by atoms with Crippen molar-refractivity contribution in [1.29, 1.82) is 0 Å². The molecule has 0 unspecified atom stereocenters. The second-order valence-corrected chi connectivity index (χ2v) is 4.38. The van der Waals surface area contributed by atoms with Crippen molar-refractivity contribution in [3.63, 3.8) is 0 Å². The van der Waals surface area contributed by atoms with Crippen LogP contribution in [0.5, 0.6) is 0 Å². The Morgan fingerprint density at radius 1 is 1.25 bits per heavy atom. The van der Waals surface area contributed by atoms with Gasteiger partial charge in [0.15, 0.2) is 5.82 Å². The predicted octanol–water partition coefficient (Wildman–Crippen LogP) is 1.35. The number of aryl methyl sites for hydroxylation is 3. The maximum atomic E-state index is 11.7. The van der Waals surface area contributed by atoms with E-state index in [0.717, 1.165) is 11.4 Å². The van der Waals surface area contributed by atoms with E-state index in [1.54, 1.807) is 6.92 Å². The molecule has 106 valence electrons. The minimum absolute atomic E-state index is 0.198. The molecule has 0 atom stereocenters. The van der Waals surface area contributed by atoms with E-state index in [-0.39, 0.29) is 18.0 Å². The molecule has 0 bridgehead atoms. The van der Waals surface area contributed by atoms with Crippen molar-refractivity contribution in [2.75, 3.05) is 12.3 Å². The van der Waals surface area contributed by atoms with E-state index in [9.17, 15) is 4.79 Å². The molecule has 0 aliphatic rings.